The minimum Gasteiger partial charge on any atom is -0.493 e. The molecule has 3 N–H and O–H groups in total. The van der Waals surface area contributed by atoms with Crippen molar-refractivity contribution in [2.24, 2.45) is 5.84 Å². The second-order valence-corrected chi connectivity index (χ2v) is 5.24. The summed E-state index contributed by atoms with van der Waals surface area (Å²) in [6.45, 7) is 0. The molecule has 0 spiro atoms. The van der Waals surface area contributed by atoms with Gasteiger partial charge in [0.2, 0.25) is 0 Å². The van der Waals surface area contributed by atoms with Crippen LogP contribution in [0.5, 0.6) is 11.5 Å². The van der Waals surface area contributed by atoms with E-state index in [-0.39, 0.29) is 11.9 Å². The van der Waals surface area contributed by atoms with E-state index in [4.69, 9.17) is 15.3 Å². The molecule has 6 heteroatoms. The zero-order valence-electron chi connectivity index (χ0n) is 11.7. The van der Waals surface area contributed by atoms with Crippen LogP contribution in [0.25, 0.3) is 0 Å². The lowest BCUT2D eigenvalue weighted by Crippen LogP contribution is -2.29. The SMILES string of the molecule is COc1ccc(C(NN)c2ccc(Br)c(F)c2)cc1OC. The van der Waals surface area contributed by atoms with E-state index >= 15 is 0 Å². The molecular formula is C15H16BrFN2O2. The monoisotopic (exact) mass is 354 g/mol. The van der Waals surface area contributed by atoms with Crippen LogP contribution in [0.15, 0.2) is 40.9 Å². The van der Waals surface area contributed by atoms with Gasteiger partial charge >= 0.3 is 0 Å². The summed E-state index contributed by atoms with van der Waals surface area (Å²) in [5.41, 5.74) is 4.25. The molecule has 1 unspecified atom stereocenters. The Morgan fingerprint density at radius 1 is 1.05 bits per heavy atom. The Hall–Kier alpha value is -1.63. The molecule has 2 aromatic rings. The fourth-order valence-corrected chi connectivity index (χ4v) is 2.36. The summed E-state index contributed by atoms with van der Waals surface area (Å²) < 4.78 is 24.6. The van der Waals surface area contributed by atoms with Crippen LogP contribution in [-0.4, -0.2) is 14.2 Å². The number of rotatable bonds is 5. The molecule has 0 aromatic heterocycles. The van der Waals surface area contributed by atoms with Gasteiger partial charge in [0.25, 0.3) is 0 Å². The van der Waals surface area contributed by atoms with E-state index in [0.29, 0.717) is 21.5 Å². The van der Waals surface area contributed by atoms with Crippen molar-refractivity contribution in [3.8, 4) is 11.5 Å². The standard InChI is InChI=1S/C15H16BrFN2O2/c1-20-13-6-4-10(8-14(13)21-2)15(19-18)9-3-5-11(16)12(17)7-9/h3-8,15,19H,18H2,1-2H3. The summed E-state index contributed by atoms with van der Waals surface area (Å²) in [6, 6.07) is 9.98. The number of nitrogens with one attached hydrogen (secondary N) is 1. The molecule has 0 aliphatic rings. The number of hydrazine groups is 1. The molecule has 4 nitrogen and oxygen atoms in total. The first-order valence-corrected chi connectivity index (χ1v) is 7.03. The highest BCUT2D eigenvalue weighted by molar-refractivity contribution is 9.10. The van der Waals surface area contributed by atoms with Gasteiger partial charge in [0, 0.05) is 0 Å². The van der Waals surface area contributed by atoms with Crippen molar-refractivity contribution in [1.82, 2.24) is 5.43 Å². The van der Waals surface area contributed by atoms with Crippen molar-refractivity contribution >= 4 is 15.9 Å². The Bertz CT molecular complexity index is 637. The lowest BCUT2D eigenvalue weighted by atomic mass is 9.99. The lowest BCUT2D eigenvalue weighted by molar-refractivity contribution is 0.354. The summed E-state index contributed by atoms with van der Waals surface area (Å²) in [4.78, 5) is 0. The van der Waals surface area contributed by atoms with Crippen molar-refractivity contribution < 1.29 is 13.9 Å². The highest BCUT2D eigenvalue weighted by Gasteiger charge is 2.16. The Labute approximate surface area is 131 Å². The maximum atomic E-state index is 13.7. The van der Waals surface area contributed by atoms with Crippen molar-refractivity contribution in [2.45, 2.75) is 6.04 Å². The molecule has 1 atom stereocenters. The predicted octanol–water partition coefficient (Wildman–Crippen LogP) is 3.16. The largest absolute Gasteiger partial charge is 0.493 e. The second kappa shape index (κ2) is 6.89. The fraction of sp³-hybridized carbons (Fsp3) is 0.200. The van der Waals surface area contributed by atoms with Crippen molar-refractivity contribution in [1.29, 1.82) is 0 Å². The molecule has 0 bridgehead atoms. The third kappa shape index (κ3) is 3.34. The van der Waals surface area contributed by atoms with Crippen LogP contribution in [0, 0.1) is 5.82 Å². The molecule has 0 saturated heterocycles. The van der Waals surface area contributed by atoms with Crippen LogP contribution in [0.3, 0.4) is 0 Å². The van der Waals surface area contributed by atoms with Gasteiger partial charge in [-0.25, -0.2) is 9.82 Å². The molecule has 112 valence electrons. The van der Waals surface area contributed by atoms with Crippen molar-refractivity contribution in [2.75, 3.05) is 14.2 Å². The Kier molecular flexibility index (Phi) is 5.17. The number of hydrogen-bond acceptors (Lipinski definition) is 4. The van der Waals surface area contributed by atoms with Crippen molar-refractivity contribution in [3.05, 3.63) is 57.8 Å². The van der Waals surface area contributed by atoms with E-state index in [9.17, 15) is 4.39 Å². The summed E-state index contributed by atoms with van der Waals surface area (Å²) >= 11 is 3.14. The maximum absolute atomic E-state index is 13.7. The highest BCUT2D eigenvalue weighted by Crippen LogP contribution is 2.32. The Balaban J connectivity index is 2.43. The number of nitrogens with two attached hydrogens (primary N) is 1. The molecule has 2 aromatic carbocycles. The van der Waals surface area contributed by atoms with Crippen LogP contribution >= 0.6 is 15.9 Å². The van der Waals surface area contributed by atoms with Crippen LogP contribution in [0.1, 0.15) is 17.2 Å². The summed E-state index contributed by atoms with van der Waals surface area (Å²) in [6.07, 6.45) is 0. The van der Waals surface area contributed by atoms with Gasteiger partial charge < -0.3 is 9.47 Å². The van der Waals surface area contributed by atoms with E-state index < -0.39 is 0 Å². The normalized spacial score (nSPS) is 12.0. The first kappa shape index (κ1) is 15.8. The molecule has 2 rings (SSSR count). The molecule has 0 aliphatic carbocycles. The lowest BCUT2D eigenvalue weighted by Gasteiger charge is -2.19. The fourth-order valence-electron chi connectivity index (χ4n) is 2.11. The molecule has 0 amide bonds. The van der Waals surface area contributed by atoms with Crippen LogP contribution in [0.4, 0.5) is 4.39 Å². The third-order valence-corrected chi connectivity index (χ3v) is 3.83. The minimum absolute atomic E-state index is 0.340. The van der Waals surface area contributed by atoms with Gasteiger partial charge in [-0.15, -0.1) is 0 Å². The zero-order chi connectivity index (χ0) is 15.4. The van der Waals surface area contributed by atoms with E-state index in [1.807, 2.05) is 12.1 Å². The van der Waals surface area contributed by atoms with Gasteiger partial charge in [0.15, 0.2) is 11.5 Å². The predicted molar refractivity (Wildman–Crippen MR) is 82.8 cm³/mol. The third-order valence-electron chi connectivity index (χ3n) is 3.18. The number of ether oxygens (including phenoxy) is 2. The first-order valence-electron chi connectivity index (χ1n) is 6.23. The first-order chi connectivity index (χ1) is 10.1. The van der Waals surface area contributed by atoms with Gasteiger partial charge in [-0.1, -0.05) is 12.1 Å². The molecule has 0 fully saturated rings. The van der Waals surface area contributed by atoms with Gasteiger partial charge in [-0.2, -0.15) is 0 Å². The topological polar surface area (TPSA) is 56.5 Å². The average molecular weight is 355 g/mol. The maximum Gasteiger partial charge on any atom is 0.161 e. The second-order valence-electron chi connectivity index (χ2n) is 4.39. The molecule has 0 heterocycles. The molecule has 0 radical (unpaired) electrons. The summed E-state index contributed by atoms with van der Waals surface area (Å²) in [5.74, 6) is 6.51. The van der Waals surface area contributed by atoms with E-state index in [1.165, 1.54) is 6.07 Å². The highest BCUT2D eigenvalue weighted by atomic mass is 79.9. The van der Waals surface area contributed by atoms with Crippen LogP contribution < -0.4 is 20.7 Å². The molecule has 0 aliphatic heterocycles. The van der Waals surface area contributed by atoms with Crippen LogP contribution in [-0.2, 0) is 0 Å². The average Bonchev–Trinajstić information content (AvgIpc) is 2.51. The van der Waals surface area contributed by atoms with Gasteiger partial charge in [-0.05, 0) is 51.3 Å². The van der Waals surface area contributed by atoms with E-state index in [0.717, 1.165) is 5.56 Å². The Morgan fingerprint density at radius 3 is 2.24 bits per heavy atom. The number of methoxy groups -OCH3 is 2. The van der Waals surface area contributed by atoms with E-state index in [1.54, 1.807) is 32.4 Å². The summed E-state index contributed by atoms with van der Waals surface area (Å²) in [7, 11) is 3.13. The summed E-state index contributed by atoms with van der Waals surface area (Å²) in [5, 5.41) is 0. The molecule has 0 saturated carbocycles. The van der Waals surface area contributed by atoms with Gasteiger partial charge in [-0.3, -0.25) is 5.84 Å². The smallest absolute Gasteiger partial charge is 0.161 e. The molecular weight excluding hydrogens is 339 g/mol. The number of benzene rings is 2. The number of halogens is 2. The zero-order valence-corrected chi connectivity index (χ0v) is 13.3. The van der Waals surface area contributed by atoms with Crippen molar-refractivity contribution in [3.63, 3.8) is 0 Å². The minimum atomic E-state index is -0.354. The van der Waals surface area contributed by atoms with Gasteiger partial charge in [0.1, 0.15) is 5.82 Å². The number of hydrogen-bond donors (Lipinski definition) is 2. The quantitative estimate of drug-likeness (QED) is 0.639. The Morgan fingerprint density at radius 2 is 1.67 bits per heavy atom. The van der Waals surface area contributed by atoms with E-state index in [2.05, 4.69) is 21.4 Å². The van der Waals surface area contributed by atoms with Crippen LogP contribution in [0.2, 0.25) is 0 Å². The molecule has 21 heavy (non-hydrogen) atoms. The van der Waals surface area contributed by atoms with Gasteiger partial charge in [0.05, 0.1) is 24.7 Å².